The number of rotatable bonds is 10. The summed E-state index contributed by atoms with van der Waals surface area (Å²) in [6.07, 6.45) is 3.68. The van der Waals surface area contributed by atoms with E-state index in [1.807, 2.05) is 122 Å². The van der Waals surface area contributed by atoms with E-state index in [-0.39, 0.29) is 0 Å². The van der Waals surface area contributed by atoms with E-state index in [4.69, 9.17) is 29.9 Å². The molecule has 0 saturated carbocycles. The van der Waals surface area contributed by atoms with Gasteiger partial charge in [0.05, 0.1) is 0 Å². The molecule has 3 aromatic heterocycles. The minimum atomic E-state index is 0.578. The highest BCUT2D eigenvalue weighted by atomic mass is 15.0. The van der Waals surface area contributed by atoms with Crippen LogP contribution in [0.3, 0.4) is 0 Å². The van der Waals surface area contributed by atoms with Crippen LogP contribution < -0.4 is 0 Å². The summed E-state index contributed by atoms with van der Waals surface area (Å²) >= 11 is 0. The Labute approximate surface area is 383 Å². The van der Waals surface area contributed by atoms with E-state index in [9.17, 15) is 0 Å². The van der Waals surface area contributed by atoms with Gasteiger partial charge in [0.2, 0.25) is 0 Å². The van der Waals surface area contributed by atoms with Crippen LogP contribution in [-0.2, 0) is 0 Å². The maximum atomic E-state index is 5.22. The summed E-state index contributed by atoms with van der Waals surface area (Å²) in [7, 11) is 0. The second-order valence-electron chi connectivity index (χ2n) is 15.7. The van der Waals surface area contributed by atoms with Crippen LogP contribution in [0, 0.1) is 0 Å². The van der Waals surface area contributed by atoms with Crippen LogP contribution in [0.1, 0.15) is 0 Å². The summed E-state index contributed by atoms with van der Waals surface area (Å²) in [5, 5.41) is 0. The zero-order chi connectivity index (χ0) is 44.1. The van der Waals surface area contributed by atoms with Gasteiger partial charge in [-0.25, -0.2) is 29.9 Å². The Bertz CT molecular complexity index is 3400. The molecule has 0 amide bonds. The van der Waals surface area contributed by atoms with Crippen LogP contribution in [-0.4, -0.2) is 34.9 Å². The van der Waals surface area contributed by atoms with E-state index in [1.165, 1.54) is 0 Å². The molecule has 0 fully saturated rings. The van der Waals surface area contributed by atoms with Crippen molar-refractivity contribution in [2.24, 2.45) is 0 Å². The van der Waals surface area contributed by atoms with Crippen molar-refractivity contribution in [3.8, 4) is 113 Å². The van der Waals surface area contributed by atoms with Crippen LogP contribution in [0.4, 0.5) is 0 Å². The Kier molecular flexibility index (Phi) is 10.8. The highest BCUT2D eigenvalue weighted by Crippen LogP contribution is 2.44. The number of nitrogens with zero attached hydrogens (tertiary/aromatic N) is 7. The Morgan fingerprint density at radius 3 is 1.08 bits per heavy atom. The third kappa shape index (κ3) is 8.04. The molecule has 66 heavy (non-hydrogen) atoms. The third-order valence-corrected chi connectivity index (χ3v) is 11.5. The summed E-state index contributed by atoms with van der Waals surface area (Å²) in [5.41, 5.74) is 13.7. The molecule has 0 aliphatic carbocycles. The first-order valence-corrected chi connectivity index (χ1v) is 21.8. The van der Waals surface area contributed by atoms with Gasteiger partial charge in [0, 0.05) is 45.8 Å². The predicted octanol–water partition coefficient (Wildman–Crippen LogP) is 14.1. The fourth-order valence-electron chi connectivity index (χ4n) is 8.40. The normalized spacial score (nSPS) is 11.0. The van der Waals surface area contributed by atoms with E-state index in [1.54, 1.807) is 0 Å². The lowest BCUT2D eigenvalue weighted by Gasteiger charge is -2.19. The molecule has 11 aromatic rings. The number of hydrogen-bond acceptors (Lipinski definition) is 7. The molecule has 7 heteroatoms. The largest absolute Gasteiger partial charge is 0.265 e. The Balaban J connectivity index is 1.08. The lowest BCUT2D eigenvalue weighted by Crippen LogP contribution is -2.01. The monoisotopic (exact) mass is 845 g/mol. The number of aromatic nitrogens is 7. The van der Waals surface area contributed by atoms with E-state index in [0.717, 1.165) is 77.9 Å². The molecule has 0 radical (unpaired) electrons. The van der Waals surface area contributed by atoms with Crippen LogP contribution >= 0.6 is 0 Å². The van der Waals surface area contributed by atoms with Crippen LogP contribution in [0.5, 0.6) is 0 Å². The molecule has 7 nitrogen and oxygen atoms in total. The van der Waals surface area contributed by atoms with Gasteiger partial charge in [0.1, 0.15) is 0 Å². The summed E-state index contributed by atoms with van der Waals surface area (Å²) in [6, 6.07) is 76.3. The Hall–Kier alpha value is -9.07. The molecule has 0 bridgehead atoms. The van der Waals surface area contributed by atoms with E-state index in [0.29, 0.717) is 34.9 Å². The minimum absolute atomic E-state index is 0.578. The molecular formula is C59H39N7. The molecule has 0 unspecified atom stereocenters. The van der Waals surface area contributed by atoms with Crippen molar-refractivity contribution in [1.82, 2.24) is 34.9 Å². The van der Waals surface area contributed by atoms with Gasteiger partial charge in [-0.3, -0.25) is 4.98 Å². The fourth-order valence-corrected chi connectivity index (χ4v) is 8.40. The molecular weight excluding hydrogens is 807 g/mol. The van der Waals surface area contributed by atoms with Gasteiger partial charge in [0.15, 0.2) is 34.9 Å². The van der Waals surface area contributed by atoms with E-state index in [2.05, 4.69) is 120 Å². The zero-order valence-electron chi connectivity index (χ0n) is 35.6. The maximum Gasteiger partial charge on any atom is 0.164 e. The predicted molar refractivity (Wildman–Crippen MR) is 265 cm³/mol. The lowest BCUT2D eigenvalue weighted by atomic mass is 9.86. The first-order chi connectivity index (χ1) is 32.7. The molecule has 8 aromatic carbocycles. The van der Waals surface area contributed by atoms with Crippen LogP contribution in [0.2, 0.25) is 0 Å². The molecule has 0 atom stereocenters. The van der Waals surface area contributed by atoms with Crippen molar-refractivity contribution in [3.63, 3.8) is 0 Å². The summed E-state index contributed by atoms with van der Waals surface area (Å²) in [4.78, 5) is 35.1. The van der Waals surface area contributed by atoms with Crippen molar-refractivity contribution >= 4 is 0 Å². The van der Waals surface area contributed by atoms with Gasteiger partial charge in [-0.15, -0.1) is 0 Å². The molecule has 3 heterocycles. The average molecular weight is 846 g/mol. The second kappa shape index (κ2) is 18.0. The van der Waals surface area contributed by atoms with Gasteiger partial charge in [-0.05, 0) is 62.7 Å². The molecule has 0 aliphatic heterocycles. The van der Waals surface area contributed by atoms with Crippen LogP contribution in [0.25, 0.3) is 113 Å². The molecule has 0 N–H and O–H groups in total. The number of hydrogen-bond donors (Lipinski definition) is 0. The van der Waals surface area contributed by atoms with Gasteiger partial charge in [0.25, 0.3) is 0 Å². The second-order valence-corrected chi connectivity index (χ2v) is 15.7. The minimum Gasteiger partial charge on any atom is -0.265 e. The van der Waals surface area contributed by atoms with Gasteiger partial charge in [-0.1, -0.05) is 206 Å². The van der Waals surface area contributed by atoms with Crippen molar-refractivity contribution < 1.29 is 0 Å². The van der Waals surface area contributed by atoms with Crippen molar-refractivity contribution in [1.29, 1.82) is 0 Å². The standard InChI is InChI=1S/C59H39N7/c1-5-19-40(20-6-1)47-29-13-15-31-51(47)58-63-56(44-25-11-4-12-26-44)62-57(66-58)46-28-17-27-45(39-46)48-33-18-34-50(53(48)41-35-37-60-38-36-41)49-30-14-16-32-52(49)59-64-54(42-21-7-2-8-22-42)61-55(65-59)43-23-9-3-10-24-43/h1-39H. The van der Waals surface area contributed by atoms with E-state index < -0.39 is 0 Å². The SMILES string of the molecule is c1ccc(-c2nc(-c3cccc(-c4cccc(-c5ccccc5-c5nc(-c6ccccc6)nc(-c6ccccc6)n5)c4-c4ccncc4)c3)nc(-c3ccccc3-c3ccccc3)n2)cc1. The fraction of sp³-hybridized carbons (Fsp3) is 0. The number of benzene rings is 8. The Morgan fingerprint density at radius 2 is 0.545 bits per heavy atom. The summed E-state index contributed by atoms with van der Waals surface area (Å²) in [6.45, 7) is 0. The highest BCUT2D eigenvalue weighted by molar-refractivity contribution is 5.98. The van der Waals surface area contributed by atoms with E-state index >= 15 is 0 Å². The quantitative estimate of drug-likeness (QED) is 0.135. The lowest BCUT2D eigenvalue weighted by molar-refractivity contribution is 1.07. The van der Waals surface area contributed by atoms with Crippen LogP contribution in [0.15, 0.2) is 237 Å². The smallest absolute Gasteiger partial charge is 0.164 e. The molecule has 0 aliphatic rings. The maximum absolute atomic E-state index is 5.22. The first kappa shape index (κ1) is 39.8. The molecule has 0 spiro atoms. The van der Waals surface area contributed by atoms with Crippen molar-refractivity contribution in [2.75, 3.05) is 0 Å². The van der Waals surface area contributed by atoms with Gasteiger partial charge in [-0.2, -0.15) is 0 Å². The van der Waals surface area contributed by atoms with Crippen molar-refractivity contribution in [3.05, 3.63) is 237 Å². The third-order valence-electron chi connectivity index (χ3n) is 11.5. The summed E-state index contributed by atoms with van der Waals surface area (Å²) < 4.78 is 0. The average Bonchev–Trinajstić information content (AvgIpc) is 3.41. The molecule has 0 saturated heterocycles. The van der Waals surface area contributed by atoms with Gasteiger partial charge < -0.3 is 0 Å². The highest BCUT2D eigenvalue weighted by Gasteiger charge is 2.21. The molecule has 310 valence electrons. The van der Waals surface area contributed by atoms with Gasteiger partial charge >= 0.3 is 0 Å². The molecule has 11 rings (SSSR count). The van der Waals surface area contributed by atoms with Crippen molar-refractivity contribution in [2.45, 2.75) is 0 Å². The first-order valence-electron chi connectivity index (χ1n) is 21.8. The number of pyridine rings is 1. The topological polar surface area (TPSA) is 90.2 Å². The summed E-state index contributed by atoms with van der Waals surface area (Å²) in [5.74, 6) is 3.58. The Morgan fingerprint density at radius 1 is 0.197 bits per heavy atom. The zero-order valence-corrected chi connectivity index (χ0v) is 35.6.